The molecule has 0 aliphatic heterocycles. The summed E-state index contributed by atoms with van der Waals surface area (Å²) in [4.78, 5) is 21.5. The number of rotatable bonds is 4. The van der Waals surface area contributed by atoms with Gasteiger partial charge in [0.05, 0.1) is 15.7 Å². The van der Waals surface area contributed by atoms with Crippen LogP contribution in [0.25, 0.3) is 0 Å². The van der Waals surface area contributed by atoms with Crippen molar-refractivity contribution in [1.82, 2.24) is 15.3 Å². The zero-order valence-electron chi connectivity index (χ0n) is 13.7. The van der Waals surface area contributed by atoms with E-state index < -0.39 is 0 Å². The molecule has 0 spiro atoms. The van der Waals surface area contributed by atoms with Gasteiger partial charge in [-0.2, -0.15) is 0 Å². The molecule has 1 N–H and O–H groups in total. The maximum absolute atomic E-state index is 12.4. The van der Waals surface area contributed by atoms with Crippen molar-refractivity contribution < 1.29 is 9.53 Å². The minimum absolute atomic E-state index is 0.0122. The Morgan fingerprint density at radius 3 is 2.62 bits per heavy atom. The van der Waals surface area contributed by atoms with Gasteiger partial charge in [0.25, 0.3) is 5.91 Å². The second-order valence-corrected chi connectivity index (χ2v) is 7.67. The Morgan fingerprint density at radius 2 is 2.04 bits per heavy atom. The molecule has 1 fully saturated rings. The molecule has 1 aliphatic rings. The molecule has 128 valence electrons. The van der Waals surface area contributed by atoms with Gasteiger partial charge >= 0.3 is 0 Å². The van der Waals surface area contributed by atoms with Crippen LogP contribution in [0, 0.1) is 13.8 Å². The number of ether oxygens (including phenoxy) is 1. The summed E-state index contributed by atoms with van der Waals surface area (Å²) >= 11 is 7.27. The van der Waals surface area contributed by atoms with Gasteiger partial charge in [0.1, 0.15) is 11.0 Å². The van der Waals surface area contributed by atoms with Crippen molar-refractivity contribution in [3.8, 4) is 5.88 Å². The highest BCUT2D eigenvalue weighted by Crippen LogP contribution is 2.24. The van der Waals surface area contributed by atoms with Gasteiger partial charge in [-0.3, -0.25) is 4.79 Å². The van der Waals surface area contributed by atoms with Crippen LogP contribution < -0.4 is 10.1 Å². The van der Waals surface area contributed by atoms with Gasteiger partial charge in [-0.25, -0.2) is 9.97 Å². The summed E-state index contributed by atoms with van der Waals surface area (Å²) in [5.74, 6) is 0.587. The molecular formula is C17H20ClN3O2S. The number of nitrogens with one attached hydrogen (secondary N) is 1. The Hall–Kier alpha value is -1.66. The van der Waals surface area contributed by atoms with Crippen molar-refractivity contribution in [3.63, 3.8) is 0 Å². The predicted molar refractivity (Wildman–Crippen MR) is 95.0 cm³/mol. The Labute approximate surface area is 150 Å². The summed E-state index contributed by atoms with van der Waals surface area (Å²) in [7, 11) is 0. The summed E-state index contributed by atoms with van der Waals surface area (Å²) < 4.78 is 5.88. The van der Waals surface area contributed by atoms with Crippen LogP contribution in [-0.4, -0.2) is 28.0 Å². The van der Waals surface area contributed by atoms with Crippen LogP contribution in [0.15, 0.2) is 18.3 Å². The highest BCUT2D eigenvalue weighted by Gasteiger charge is 2.25. The molecule has 7 heteroatoms. The molecular weight excluding hydrogens is 346 g/mol. The van der Waals surface area contributed by atoms with E-state index in [1.807, 2.05) is 13.8 Å². The molecule has 0 unspecified atom stereocenters. The molecule has 1 amide bonds. The van der Waals surface area contributed by atoms with Crippen molar-refractivity contribution in [3.05, 3.63) is 38.9 Å². The van der Waals surface area contributed by atoms with Gasteiger partial charge in [-0.1, -0.05) is 11.6 Å². The first-order valence-electron chi connectivity index (χ1n) is 8.04. The maximum Gasteiger partial charge on any atom is 0.263 e. The Kier molecular flexibility index (Phi) is 5.36. The Balaban J connectivity index is 1.49. The lowest BCUT2D eigenvalue weighted by molar-refractivity contribution is 0.0893. The number of aryl methyl sites for hydroxylation is 2. The summed E-state index contributed by atoms with van der Waals surface area (Å²) in [5.41, 5.74) is 0.806. The van der Waals surface area contributed by atoms with E-state index in [2.05, 4.69) is 15.3 Å². The van der Waals surface area contributed by atoms with Crippen LogP contribution in [0.2, 0.25) is 5.02 Å². The summed E-state index contributed by atoms with van der Waals surface area (Å²) in [6.07, 6.45) is 5.33. The average Bonchev–Trinajstić information content (AvgIpc) is 2.90. The van der Waals surface area contributed by atoms with Gasteiger partial charge in [0.15, 0.2) is 0 Å². The number of amides is 1. The quantitative estimate of drug-likeness (QED) is 0.891. The minimum atomic E-state index is -0.0122. The molecule has 1 saturated carbocycles. The third-order valence-electron chi connectivity index (χ3n) is 4.11. The maximum atomic E-state index is 12.4. The molecule has 24 heavy (non-hydrogen) atoms. The van der Waals surface area contributed by atoms with Gasteiger partial charge in [0.2, 0.25) is 5.88 Å². The second-order valence-electron chi connectivity index (χ2n) is 6.03. The standard InChI is InChI=1S/C17H20ClN3O2S/c1-10-16(24-11(2)20-10)17(22)21-13-4-6-14(7-5-13)23-15-8-3-12(18)9-19-15/h3,8-9,13-14H,4-7H2,1-2H3,(H,21,22). The molecule has 5 nitrogen and oxygen atoms in total. The number of pyridine rings is 1. The molecule has 0 atom stereocenters. The Morgan fingerprint density at radius 1 is 1.29 bits per heavy atom. The minimum Gasteiger partial charge on any atom is -0.474 e. The zero-order chi connectivity index (χ0) is 17.1. The molecule has 2 heterocycles. The third kappa shape index (κ3) is 4.24. The fraction of sp³-hybridized carbons (Fsp3) is 0.471. The predicted octanol–water partition coefficient (Wildman–Crippen LogP) is 3.93. The van der Waals surface area contributed by atoms with Crippen LogP contribution in [0.1, 0.15) is 46.1 Å². The fourth-order valence-corrected chi connectivity index (χ4v) is 3.86. The molecule has 1 aliphatic carbocycles. The van der Waals surface area contributed by atoms with E-state index in [1.54, 1.807) is 18.3 Å². The van der Waals surface area contributed by atoms with E-state index in [0.717, 1.165) is 41.3 Å². The van der Waals surface area contributed by atoms with E-state index in [0.29, 0.717) is 10.9 Å². The van der Waals surface area contributed by atoms with Crippen LogP contribution in [0.4, 0.5) is 0 Å². The van der Waals surface area contributed by atoms with Gasteiger partial charge in [0, 0.05) is 18.3 Å². The first kappa shape index (κ1) is 17.2. The number of carbonyl (C=O) groups is 1. The lowest BCUT2D eigenvalue weighted by Crippen LogP contribution is -2.39. The first-order valence-corrected chi connectivity index (χ1v) is 9.24. The molecule has 0 saturated heterocycles. The van der Waals surface area contributed by atoms with Gasteiger partial charge in [-0.05, 0) is 45.6 Å². The monoisotopic (exact) mass is 365 g/mol. The van der Waals surface area contributed by atoms with Crippen molar-refractivity contribution in [1.29, 1.82) is 0 Å². The molecule has 0 radical (unpaired) electrons. The highest BCUT2D eigenvalue weighted by molar-refractivity contribution is 7.13. The van der Waals surface area contributed by atoms with E-state index >= 15 is 0 Å². The van der Waals surface area contributed by atoms with E-state index in [-0.39, 0.29) is 18.1 Å². The van der Waals surface area contributed by atoms with Crippen LogP contribution >= 0.6 is 22.9 Å². The molecule has 2 aromatic heterocycles. The number of aromatic nitrogens is 2. The van der Waals surface area contributed by atoms with Gasteiger partial charge in [-0.15, -0.1) is 11.3 Å². The first-order chi connectivity index (χ1) is 11.5. The number of halogens is 1. The van der Waals surface area contributed by atoms with E-state index in [1.165, 1.54) is 11.3 Å². The normalized spacial score (nSPS) is 20.6. The van der Waals surface area contributed by atoms with Crippen LogP contribution in [0.3, 0.4) is 0 Å². The third-order valence-corrected chi connectivity index (χ3v) is 5.40. The van der Waals surface area contributed by atoms with Crippen molar-refractivity contribution >= 4 is 28.8 Å². The molecule has 0 aromatic carbocycles. The summed E-state index contributed by atoms with van der Waals surface area (Å²) in [6, 6.07) is 3.75. The number of thiazole rings is 1. The van der Waals surface area contributed by atoms with Crippen LogP contribution in [-0.2, 0) is 0 Å². The lowest BCUT2D eigenvalue weighted by Gasteiger charge is -2.29. The summed E-state index contributed by atoms with van der Waals surface area (Å²) in [5, 5.41) is 4.64. The molecule has 3 rings (SSSR count). The number of hydrogen-bond donors (Lipinski definition) is 1. The van der Waals surface area contributed by atoms with E-state index in [4.69, 9.17) is 16.3 Å². The number of hydrogen-bond acceptors (Lipinski definition) is 5. The smallest absolute Gasteiger partial charge is 0.263 e. The Bertz CT molecular complexity index is 709. The topological polar surface area (TPSA) is 64.1 Å². The van der Waals surface area contributed by atoms with Crippen LogP contribution in [0.5, 0.6) is 5.88 Å². The fourth-order valence-electron chi connectivity index (χ4n) is 2.92. The summed E-state index contributed by atoms with van der Waals surface area (Å²) in [6.45, 7) is 3.80. The van der Waals surface area contributed by atoms with Gasteiger partial charge < -0.3 is 10.1 Å². The second kappa shape index (κ2) is 7.49. The number of nitrogens with zero attached hydrogens (tertiary/aromatic N) is 2. The molecule has 0 bridgehead atoms. The SMILES string of the molecule is Cc1nc(C)c(C(=O)NC2CCC(Oc3ccc(Cl)cn3)CC2)s1. The van der Waals surface area contributed by atoms with Crippen molar-refractivity contribution in [2.24, 2.45) is 0 Å². The highest BCUT2D eigenvalue weighted by atomic mass is 35.5. The van der Waals surface area contributed by atoms with Crippen molar-refractivity contribution in [2.45, 2.75) is 51.7 Å². The largest absolute Gasteiger partial charge is 0.474 e. The lowest BCUT2D eigenvalue weighted by atomic mass is 9.93. The zero-order valence-corrected chi connectivity index (χ0v) is 15.3. The average molecular weight is 366 g/mol. The van der Waals surface area contributed by atoms with E-state index in [9.17, 15) is 4.79 Å². The molecule has 2 aromatic rings. The van der Waals surface area contributed by atoms with Crippen molar-refractivity contribution in [2.75, 3.05) is 0 Å². The number of carbonyl (C=O) groups excluding carboxylic acids is 1.